The molecule has 0 spiro atoms. The lowest BCUT2D eigenvalue weighted by molar-refractivity contribution is -0.121. The topological polar surface area (TPSA) is 42.0 Å². The minimum absolute atomic E-state index is 0.114. The second-order valence-electron chi connectivity index (χ2n) is 3.82. The molecule has 0 aliphatic carbocycles. The lowest BCUT2D eigenvalue weighted by Crippen LogP contribution is -2.42. The Balaban J connectivity index is 2.55. The molecule has 1 amide bonds. The van der Waals surface area contributed by atoms with Crippen LogP contribution in [-0.2, 0) is 11.2 Å². The van der Waals surface area contributed by atoms with Gasteiger partial charge in [0.2, 0.25) is 5.91 Å². The standard InChI is InChI=1S/C12H14N2O/c1-4-12(2,3)14-11(15)9-10-7-5-6-8-13-10/h1,5-8H,9H2,2-3H3,(H,14,15). The van der Waals surface area contributed by atoms with E-state index in [0.717, 1.165) is 5.69 Å². The molecule has 1 aromatic heterocycles. The molecule has 0 atom stereocenters. The first-order valence-electron chi connectivity index (χ1n) is 4.72. The molecular formula is C12H14N2O. The number of pyridine rings is 1. The summed E-state index contributed by atoms with van der Waals surface area (Å²) in [7, 11) is 0. The number of nitrogens with one attached hydrogen (secondary N) is 1. The van der Waals surface area contributed by atoms with E-state index in [1.807, 2.05) is 18.2 Å². The molecule has 3 heteroatoms. The van der Waals surface area contributed by atoms with Gasteiger partial charge in [0.1, 0.15) is 0 Å². The number of carbonyl (C=O) groups excluding carboxylic acids is 1. The van der Waals surface area contributed by atoms with Crippen molar-refractivity contribution in [2.24, 2.45) is 0 Å². The third-order valence-electron chi connectivity index (χ3n) is 1.88. The Morgan fingerprint density at radius 3 is 2.87 bits per heavy atom. The summed E-state index contributed by atoms with van der Waals surface area (Å²) in [6, 6.07) is 5.47. The van der Waals surface area contributed by atoms with Crippen LogP contribution in [0.4, 0.5) is 0 Å². The fraction of sp³-hybridized carbons (Fsp3) is 0.333. The van der Waals surface area contributed by atoms with Crippen LogP contribution in [0.5, 0.6) is 0 Å². The van der Waals surface area contributed by atoms with Gasteiger partial charge < -0.3 is 5.32 Å². The van der Waals surface area contributed by atoms with Gasteiger partial charge in [-0.3, -0.25) is 9.78 Å². The molecule has 0 radical (unpaired) electrons. The molecule has 0 aliphatic heterocycles. The van der Waals surface area contributed by atoms with Crippen molar-refractivity contribution in [3.63, 3.8) is 0 Å². The maximum Gasteiger partial charge on any atom is 0.227 e. The van der Waals surface area contributed by atoms with Crippen molar-refractivity contribution in [1.82, 2.24) is 10.3 Å². The Hall–Kier alpha value is -1.82. The highest BCUT2D eigenvalue weighted by molar-refractivity contribution is 5.79. The summed E-state index contributed by atoms with van der Waals surface area (Å²) in [5.41, 5.74) is 0.133. The predicted octanol–water partition coefficient (Wildman–Crippen LogP) is 1.15. The van der Waals surface area contributed by atoms with E-state index < -0.39 is 5.54 Å². The van der Waals surface area contributed by atoms with E-state index in [1.165, 1.54) is 0 Å². The highest BCUT2D eigenvalue weighted by Gasteiger charge is 2.16. The number of terminal acetylenes is 1. The minimum Gasteiger partial charge on any atom is -0.340 e. The number of rotatable bonds is 3. The van der Waals surface area contributed by atoms with Gasteiger partial charge in [-0.05, 0) is 26.0 Å². The zero-order chi connectivity index (χ0) is 11.3. The predicted molar refractivity (Wildman–Crippen MR) is 59.0 cm³/mol. The molecule has 0 bridgehead atoms. The molecule has 3 nitrogen and oxygen atoms in total. The first kappa shape index (κ1) is 11.3. The van der Waals surface area contributed by atoms with Crippen molar-refractivity contribution in [2.75, 3.05) is 0 Å². The zero-order valence-corrected chi connectivity index (χ0v) is 8.95. The summed E-state index contributed by atoms with van der Waals surface area (Å²) in [6.07, 6.45) is 7.19. The summed E-state index contributed by atoms with van der Waals surface area (Å²) in [5, 5.41) is 2.74. The van der Waals surface area contributed by atoms with Crippen LogP contribution in [0.15, 0.2) is 24.4 Å². The van der Waals surface area contributed by atoms with E-state index in [-0.39, 0.29) is 12.3 Å². The molecule has 1 N–H and O–H groups in total. The monoisotopic (exact) mass is 202 g/mol. The van der Waals surface area contributed by atoms with E-state index in [4.69, 9.17) is 6.42 Å². The van der Waals surface area contributed by atoms with Crippen LogP contribution in [0.3, 0.4) is 0 Å². The van der Waals surface area contributed by atoms with E-state index in [9.17, 15) is 4.79 Å². The van der Waals surface area contributed by atoms with Crippen LogP contribution in [0.1, 0.15) is 19.5 Å². The van der Waals surface area contributed by atoms with Gasteiger partial charge in [0.25, 0.3) is 0 Å². The first-order chi connectivity index (χ1) is 7.03. The molecule has 1 aromatic rings. The quantitative estimate of drug-likeness (QED) is 0.747. The van der Waals surface area contributed by atoms with E-state index >= 15 is 0 Å². The Labute approximate surface area is 89.9 Å². The number of amides is 1. The van der Waals surface area contributed by atoms with Crippen molar-refractivity contribution in [3.8, 4) is 12.3 Å². The molecule has 0 aliphatic rings. The molecule has 78 valence electrons. The number of carbonyl (C=O) groups is 1. The second-order valence-corrected chi connectivity index (χ2v) is 3.82. The van der Waals surface area contributed by atoms with Gasteiger partial charge in [-0.15, -0.1) is 6.42 Å². The summed E-state index contributed by atoms with van der Waals surface area (Å²) < 4.78 is 0. The van der Waals surface area contributed by atoms with Gasteiger partial charge >= 0.3 is 0 Å². The maximum atomic E-state index is 11.5. The van der Waals surface area contributed by atoms with Crippen molar-refractivity contribution >= 4 is 5.91 Å². The third-order valence-corrected chi connectivity index (χ3v) is 1.88. The van der Waals surface area contributed by atoms with Crippen LogP contribution < -0.4 is 5.32 Å². The van der Waals surface area contributed by atoms with Crippen molar-refractivity contribution in [2.45, 2.75) is 25.8 Å². The van der Waals surface area contributed by atoms with Crippen molar-refractivity contribution < 1.29 is 4.79 Å². The molecule has 1 rings (SSSR count). The van der Waals surface area contributed by atoms with Gasteiger partial charge in [0.15, 0.2) is 0 Å². The van der Waals surface area contributed by atoms with Gasteiger partial charge in [-0.25, -0.2) is 0 Å². The minimum atomic E-state index is -0.605. The Bertz CT molecular complexity index is 376. The average Bonchev–Trinajstić information content (AvgIpc) is 2.18. The van der Waals surface area contributed by atoms with E-state index in [1.54, 1.807) is 20.0 Å². The Morgan fingerprint density at radius 1 is 1.60 bits per heavy atom. The van der Waals surface area contributed by atoms with Gasteiger partial charge in [0.05, 0.1) is 12.0 Å². The molecule has 0 aromatic carbocycles. The maximum absolute atomic E-state index is 11.5. The summed E-state index contributed by atoms with van der Waals surface area (Å²) in [4.78, 5) is 15.6. The van der Waals surface area contributed by atoms with Crippen molar-refractivity contribution in [1.29, 1.82) is 0 Å². The number of hydrogen-bond acceptors (Lipinski definition) is 2. The van der Waals surface area contributed by atoms with Crippen LogP contribution in [-0.4, -0.2) is 16.4 Å². The highest BCUT2D eigenvalue weighted by Crippen LogP contribution is 2.01. The van der Waals surface area contributed by atoms with E-state index in [0.29, 0.717) is 0 Å². The number of nitrogens with zero attached hydrogens (tertiary/aromatic N) is 1. The fourth-order valence-electron chi connectivity index (χ4n) is 1.10. The van der Waals surface area contributed by atoms with Crippen LogP contribution in [0.25, 0.3) is 0 Å². The number of hydrogen-bond donors (Lipinski definition) is 1. The van der Waals surface area contributed by atoms with Crippen LogP contribution in [0.2, 0.25) is 0 Å². The molecule has 0 saturated heterocycles. The molecule has 0 fully saturated rings. The first-order valence-corrected chi connectivity index (χ1v) is 4.72. The second kappa shape index (κ2) is 4.61. The van der Waals surface area contributed by atoms with E-state index in [2.05, 4.69) is 16.2 Å². The Morgan fingerprint density at radius 2 is 2.33 bits per heavy atom. The molecular weight excluding hydrogens is 188 g/mol. The van der Waals surface area contributed by atoms with Gasteiger partial charge in [0, 0.05) is 11.9 Å². The Kier molecular flexibility index (Phi) is 3.46. The fourth-order valence-corrected chi connectivity index (χ4v) is 1.10. The molecule has 0 saturated carbocycles. The lowest BCUT2D eigenvalue weighted by atomic mass is 10.1. The molecule has 0 unspecified atom stereocenters. The lowest BCUT2D eigenvalue weighted by Gasteiger charge is -2.19. The van der Waals surface area contributed by atoms with Crippen molar-refractivity contribution in [3.05, 3.63) is 30.1 Å². The normalized spacial score (nSPS) is 10.5. The molecule has 1 heterocycles. The smallest absolute Gasteiger partial charge is 0.227 e. The van der Waals surface area contributed by atoms with Crippen LogP contribution in [0, 0.1) is 12.3 Å². The number of aromatic nitrogens is 1. The highest BCUT2D eigenvalue weighted by atomic mass is 16.1. The van der Waals surface area contributed by atoms with Gasteiger partial charge in [-0.1, -0.05) is 12.0 Å². The van der Waals surface area contributed by atoms with Gasteiger partial charge in [-0.2, -0.15) is 0 Å². The SMILES string of the molecule is C#CC(C)(C)NC(=O)Cc1ccccn1. The summed E-state index contributed by atoms with van der Waals surface area (Å²) >= 11 is 0. The summed E-state index contributed by atoms with van der Waals surface area (Å²) in [6.45, 7) is 3.56. The largest absolute Gasteiger partial charge is 0.340 e. The van der Waals surface area contributed by atoms with Crippen LogP contribution >= 0.6 is 0 Å². The summed E-state index contributed by atoms with van der Waals surface area (Å²) in [5.74, 6) is 2.39. The zero-order valence-electron chi connectivity index (χ0n) is 8.95. The molecule has 15 heavy (non-hydrogen) atoms. The average molecular weight is 202 g/mol. The third kappa shape index (κ3) is 3.82.